The first kappa shape index (κ1) is 23.0. The fourth-order valence-corrected chi connectivity index (χ4v) is 3.30. The molecule has 0 radical (unpaired) electrons. The zero-order valence-corrected chi connectivity index (χ0v) is 17.8. The molecule has 0 saturated carbocycles. The van der Waals surface area contributed by atoms with Crippen LogP contribution in [-0.2, 0) is 11.3 Å². The van der Waals surface area contributed by atoms with Crippen molar-refractivity contribution in [3.8, 4) is 23.7 Å². The number of benzene rings is 4. The zero-order chi connectivity index (χ0) is 24.2. The van der Waals surface area contributed by atoms with E-state index in [-0.39, 0.29) is 23.1 Å². The monoisotopic (exact) mass is 462 g/mol. The lowest BCUT2D eigenvalue weighted by Crippen LogP contribution is -1.93. The summed E-state index contributed by atoms with van der Waals surface area (Å²) in [7, 11) is 1.49. The van der Waals surface area contributed by atoms with Gasteiger partial charge in [0, 0.05) is 23.6 Å². The van der Waals surface area contributed by atoms with Crippen molar-refractivity contribution in [1.82, 2.24) is 0 Å². The predicted octanol–water partition coefficient (Wildman–Crippen LogP) is 6.48. The Kier molecular flexibility index (Phi) is 6.63. The van der Waals surface area contributed by atoms with Gasteiger partial charge in [-0.05, 0) is 53.4 Å². The molecule has 1 nitrogen and oxygen atoms in total. The van der Waals surface area contributed by atoms with Gasteiger partial charge in [-0.15, -0.1) is 0 Å². The topological polar surface area (TPSA) is 9.23 Å². The van der Waals surface area contributed by atoms with Crippen LogP contribution < -0.4 is 0 Å². The van der Waals surface area contributed by atoms with Gasteiger partial charge in [0.05, 0.1) is 17.7 Å². The van der Waals surface area contributed by atoms with Crippen LogP contribution in [-0.4, -0.2) is 7.11 Å². The van der Waals surface area contributed by atoms with Gasteiger partial charge in [0.25, 0.3) is 0 Å². The summed E-state index contributed by atoms with van der Waals surface area (Å²) in [6.45, 7) is 0.248. The number of hydrogen-bond donors (Lipinski definition) is 0. The van der Waals surface area contributed by atoms with Gasteiger partial charge in [-0.2, -0.15) is 0 Å². The lowest BCUT2D eigenvalue weighted by Gasteiger charge is -2.02. The molecule has 0 bridgehead atoms. The molecule has 0 unspecified atom stereocenters. The number of halogens is 5. The van der Waals surface area contributed by atoms with E-state index in [0.29, 0.717) is 16.5 Å². The minimum Gasteiger partial charge on any atom is -0.380 e. The molecule has 6 heteroatoms. The van der Waals surface area contributed by atoms with Crippen molar-refractivity contribution >= 4 is 10.8 Å². The second-order valence-electron chi connectivity index (χ2n) is 7.36. The molecule has 4 rings (SSSR count). The maximum Gasteiger partial charge on any atom is 0.166 e. The predicted molar refractivity (Wildman–Crippen MR) is 119 cm³/mol. The fraction of sp³-hybridized carbons (Fsp3) is 0.0714. The van der Waals surface area contributed by atoms with Crippen LogP contribution in [0.25, 0.3) is 10.8 Å². The minimum absolute atomic E-state index is 0.0177. The van der Waals surface area contributed by atoms with Crippen molar-refractivity contribution < 1.29 is 26.7 Å². The molecule has 0 fully saturated rings. The number of methoxy groups -OCH3 is 1. The minimum atomic E-state index is -0.975. The summed E-state index contributed by atoms with van der Waals surface area (Å²) < 4.78 is 75.3. The lowest BCUT2D eigenvalue weighted by molar-refractivity contribution is 0.184. The van der Waals surface area contributed by atoms with E-state index in [0.717, 1.165) is 18.2 Å². The molecule has 0 atom stereocenters. The van der Waals surface area contributed by atoms with Gasteiger partial charge in [0.2, 0.25) is 0 Å². The average molecular weight is 462 g/mol. The van der Waals surface area contributed by atoms with E-state index in [9.17, 15) is 22.0 Å². The molecule has 0 saturated heterocycles. The van der Waals surface area contributed by atoms with Crippen molar-refractivity contribution in [2.75, 3.05) is 7.11 Å². The van der Waals surface area contributed by atoms with E-state index < -0.39 is 34.6 Å². The molecule has 0 aliphatic heterocycles. The van der Waals surface area contributed by atoms with E-state index in [4.69, 9.17) is 4.74 Å². The van der Waals surface area contributed by atoms with Crippen molar-refractivity contribution in [1.29, 1.82) is 0 Å². The molecule has 0 amide bonds. The SMILES string of the molecule is COCc1ccc(C#Cc2cc(F)c(C#Cc3ccc4c(F)c(F)ccc4c3)c(F)c2)c(F)c1. The van der Waals surface area contributed by atoms with Gasteiger partial charge in [-0.25, -0.2) is 22.0 Å². The highest BCUT2D eigenvalue weighted by Gasteiger charge is 2.10. The number of ether oxygens (including phenoxy) is 1. The van der Waals surface area contributed by atoms with Crippen LogP contribution in [0.3, 0.4) is 0 Å². The van der Waals surface area contributed by atoms with Crippen LogP contribution in [0.4, 0.5) is 22.0 Å². The molecular formula is C28H15F5O. The first-order valence-electron chi connectivity index (χ1n) is 10.0. The Morgan fingerprint density at radius 1 is 0.647 bits per heavy atom. The Balaban J connectivity index is 1.60. The maximum atomic E-state index is 14.5. The lowest BCUT2D eigenvalue weighted by atomic mass is 10.1. The third-order valence-corrected chi connectivity index (χ3v) is 4.97. The highest BCUT2D eigenvalue weighted by molar-refractivity contribution is 5.84. The van der Waals surface area contributed by atoms with Gasteiger partial charge in [-0.3, -0.25) is 0 Å². The largest absolute Gasteiger partial charge is 0.380 e. The Hall–Kier alpha value is -4.13. The normalized spacial score (nSPS) is 10.4. The number of rotatable bonds is 2. The molecule has 4 aromatic rings. The molecule has 0 aromatic heterocycles. The highest BCUT2D eigenvalue weighted by Crippen LogP contribution is 2.22. The molecule has 4 aromatic carbocycles. The molecular weight excluding hydrogens is 447 g/mol. The van der Waals surface area contributed by atoms with Gasteiger partial charge in [0.1, 0.15) is 17.5 Å². The molecule has 0 heterocycles. The standard InChI is InChI=1S/C28H15F5O/c1-34-16-19-3-7-20(25(30)15-19)6-2-18-13-26(31)23(27(32)14-18)10-5-17-4-9-22-21(12-17)8-11-24(29)28(22)33/h3-4,7-9,11-15H,16H2,1H3. The Labute approximate surface area is 192 Å². The van der Waals surface area contributed by atoms with Crippen molar-refractivity contribution in [2.45, 2.75) is 6.61 Å². The summed E-state index contributed by atoms with van der Waals surface area (Å²) >= 11 is 0. The Morgan fingerprint density at radius 2 is 1.38 bits per heavy atom. The van der Waals surface area contributed by atoms with E-state index in [1.54, 1.807) is 6.07 Å². The van der Waals surface area contributed by atoms with Crippen molar-refractivity contribution in [3.05, 3.63) is 118 Å². The highest BCUT2D eigenvalue weighted by atomic mass is 19.2. The number of fused-ring (bicyclic) bond motifs is 1. The third-order valence-electron chi connectivity index (χ3n) is 4.97. The maximum absolute atomic E-state index is 14.5. The fourth-order valence-electron chi connectivity index (χ4n) is 3.30. The quantitative estimate of drug-likeness (QED) is 0.245. The second kappa shape index (κ2) is 9.79. The van der Waals surface area contributed by atoms with Crippen LogP contribution >= 0.6 is 0 Å². The van der Waals surface area contributed by atoms with Crippen molar-refractivity contribution in [3.63, 3.8) is 0 Å². The zero-order valence-electron chi connectivity index (χ0n) is 17.8. The van der Waals surface area contributed by atoms with Crippen molar-refractivity contribution in [2.24, 2.45) is 0 Å². The molecule has 34 heavy (non-hydrogen) atoms. The van der Waals surface area contributed by atoms with E-state index in [2.05, 4.69) is 23.7 Å². The van der Waals surface area contributed by atoms with Crippen LogP contribution in [0.2, 0.25) is 0 Å². The molecule has 0 spiro atoms. The summed E-state index contributed by atoms with van der Waals surface area (Å²) in [6, 6.07) is 13.1. The van der Waals surface area contributed by atoms with Gasteiger partial charge < -0.3 is 4.74 Å². The van der Waals surface area contributed by atoms with Crippen LogP contribution in [0.1, 0.15) is 27.8 Å². The first-order chi connectivity index (χ1) is 16.4. The van der Waals surface area contributed by atoms with Gasteiger partial charge in [-0.1, -0.05) is 41.9 Å². The molecule has 0 N–H and O–H groups in total. The summed E-state index contributed by atoms with van der Waals surface area (Å²) in [5.41, 5.74) is 0.634. The van der Waals surface area contributed by atoms with Gasteiger partial charge >= 0.3 is 0 Å². The van der Waals surface area contributed by atoms with E-state index in [1.165, 1.54) is 43.5 Å². The Bertz CT molecular complexity index is 1510. The summed E-state index contributed by atoms with van der Waals surface area (Å²) in [4.78, 5) is 0. The van der Waals surface area contributed by atoms with Gasteiger partial charge in [0.15, 0.2) is 11.6 Å². The number of hydrogen-bond acceptors (Lipinski definition) is 1. The molecule has 0 aliphatic carbocycles. The van der Waals surface area contributed by atoms with Crippen LogP contribution in [0.5, 0.6) is 0 Å². The average Bonchev–Trinajstić information content (AvgIpc) is 2.80. The van der Waals surface area contributed by atoms with Crippen LogP contribution in [0, 0.1) is 52.8 Å². The summed E-state index contributed by atoms with van der Waals surface area (Å²) in [5, 5.41) is 0.482. The smallest absolute Gasteiger partial charge is 0.166 e. The third kappa shape index (κ3) is 4.93. The van der Waals surface area contributed by atoms with Crippen LogP contribution in [0.15, 0.2) is 60.7 Å². The summed E-state index contributed by atoms with van der Waals surface area (Å²) in [6.07, 6.45) is 0. The van der Waals surface area contributed by atoms with E-state index in [1.807, 2.05) is 0 Å². The first-order valence-corrected chi connectivity index (χ1v) is 10.0. The Morgan fingerprint density at radius 3 is 2.09 bits per heavy atom. The molecule has 0 aliphatic rings. The second-order valence-corrected chi connectivity index (χ2v) is 7.36. The summed E-state index contributed by atoms with van der Waals surface area (Å²) in [5.74, 6) is 5.80. The molecule has 168 valence electrons. The van der Waals surface area contributed by atoms with E-state index >= 15 is 0 Å².